The summed E-state index contributed by atoms with van der Waals surface area (Å²) in [5, 5.41) is 6.97. The Morgan fingerprint density at radius 1 is 1.19 bits per heavy atom. The van der Waals surface area contributed by atoms with E-state index in [2.05, 4.69) is 15.5 Å². The lowest BCUT2D eigenvalue weighted by Gasteiger charge is -2.34. The van der Waals surface area contributed by atoms with Gasteiger partial charge in [-0.25, -0.2) is 4.79 Å². The Kier molecular flexibility index (Phi) is 6.35. The molecule has 0 saturated carbocycles. The van der Waals surface area contributed by atoms with Gasteiger partial charge < -0.3 is 15.4 Å². The quantitative estimate of drug-likeness (QED) is 0.800. The van der Waals surface area contributed by atoms with Crippen molar-refractivity contribution in [3.05, 3.63) is 52.2 Å². The van der Waals surface area contributed by atoms with Crippen LogP contribution in [0.5, 0.6) is 0 Å². The van der Waals surface area contributed by atoms with Gasteiger partial charge in [0.15, 0.2) is 0 Å². The number of halogens is 3. The van der Waals surface area contributed by atoms with Crippen molar-refractivity contribution < 1.29 is 22.7 Å². The monoisotopic (exact) mass is 399 g/mol. The van der Waals surface area contributed by atoms with E-state index < -0.39 is 17.8 Å². The van der Waals surface area contributed by atoms with Crippen molar-refractivity contribution in [2.24, 2.45) is 0 Å². The van der Waals surface area contributed by atoms with Crippen LogP contribution in [0.1, 0.15) is 16.5 Å². The van der Waals surface area contributed by atoms with Crippen LogP contribution in [0.3, 0.4) is 0 Å². The number of morpholine rings is 1. The first-order valence-electron chi connectivity index (χ1n) is 8.51. The number of ether oxygens (including phenoxy) is 1. The van der Waals surface area contributed by atoms with Gasteiger partial charge in [0.1, 0.15) is 0 Å². The number of thiophene rings is 1. The molecule has 0 bridgehead atoms. The third-order valence-corrected chi connectivity index (χ3v) is 5.27. The molecule has 1 aliphatic heterocycles. The molecular weight excluding hydrogens is 379 g/mol. The summed E-state index contributed by atoms with van der Waals surface area (Å²) < 4.78 is 44.5. The Hall–Kier alpha value is -2.10. The molecule has 1 unspecified atom stereocenters. The standard InChI is InChI=1S/C18H20F3N3O2S/c19-18(20,21)13-4-1-2-5-14(13)23-17(25)22-12-15(16-6-3-11-27-16)24-7-9-26-10-8-24/h1-6,11,15H,7-10,12H2,(H2,22,23,25). The fraction of sp³-hybridized carbons (Fsp3) is 0.389. The van der Waals surface area contributed by atoms with Crippen LogP contribution in [0.2, 0.25) is 0 Å². The van der Waals surface area contributed by atoms with Crippen molar-refractivity contribution in [3.63, 3.8) is 0 Å². The van der Waals surface area contributed by atoms with Crippen LogP contribution in [-0.2, 0) is 10.9 Å². The Balaban J connectivity index is 1.65. The van der Waals surface area contributed by atoms with Gasteiger partial charge in [-0.1, -0.05) is 18.2 Å². The van der Waals surface area contributed by atoms with E-state index in [1.54, 1.807) is 11.3 Å². The molecule has 1 aromatic heterocycles. The summed E-state index contributed by atoms with van der Waals surface area (Å²) in [7, 11) is 0. The SMILES string of the molecule is O=C(NCC(c1cccs1)N1CCOCC1)Nc1ccccc1C(F)(F)F. The number of alkyl halides is 3. The van der Waals surface area contributed by atoms with Crippen LogP contribution >= 0.6 is 11.3 Å². The normalized spacial score (nSPS) is 16.7. The predicted molar refractivity (Wildman–Crippen MR) is 97.9 cm³/mol. The number of benzene rings is 1. The number of carbonyl (C=O) groups excluding carboxylic acids is 1. The minimum Gasteiger partial charge on any atom is -0.379 e. The number of urea groups is 1. The second-order valence-electron chi connectivity index (χ2n) is 6.06. The van der Waals surface area contributed by atoms with Crippen LogP contribution in [0.25, 0.3) is 0 Å². The van der Waals surface area contributed by atoms with Crippen molar-refractivity contribution in [2.75, 3.05) is 38.2 Å². The molecule has 0 spiro atoms. The van der Waals surface area contributed by atoms with Gasteiger partial charge in [-0.15, -0.1) is 11.3 Å². The average Bonchev–Trinajstić information content (AvgIpc) is 3.17. The maximum atomic E-state index is 13.1. The Labute approximate surface area is 159 Å². The largest absolute Gasteiger partial charge is 0.418 e. The second kappa shape index (κ2) is 8.73. The number of hydrogen-bond donors (Lipinski definition) is 2. The molecule has 146 valence electrons. The van der Waals surface area contributed by atoms with Crippen molar-refractivity contribution in [1.82, 2.24) is 10.2 Å². The molecule has 1 atom stereocenters. The van der Waals surface area contributed by atoms with E-state index in [4.69, 9.17) is 4.74 Å². The number of nitrogens with one attached hydrogen (secondary N) is 2. The average molecular weight is 399 g/mol. The highest BCUT2D eigenvalue weighted by Crippen LogP contribution is 2.34. The number of para-hydroxylation sites is 1. The number of carbonyl (C=O) groups is 1. The molecule has 2 aromatic rings. The first-order chi connectivity index (χ1) is 12.9. The highest BCUT2D eigenvalue weighted by Gasteiger charge is 2.33. The summed E-state index contributed by atoms with van der Waals surface area (Å²) in [6, 6.07) is 8.14. The van der Waals surface area contributed by atoms with Gasteiger partial charge in [-0.3, -0.25) is 4.90 Å². The first-order valence-corrected chi connectivity index (χ1v) is 9.39. The van der Waals surface area contributed by atoms with Crippen LogP contribution in [-0.4, -0.2) is 43.8 Å². The molecule has 2 amide bonds. The smallest absolute Gasteiger partial charge is 0.379 e. The third kappa shape index (κ3) is 5.21. The molecule has 9 heteroatoms. The summed E-state index contributed by atoms with van der Waals surface area (Å²) in [6.07, 6.45) is -4.53. The maximum Gasteiger partial charge on any atom is 0.418 e. The van der Waals surface area contributed by atoms with Crippen molar-refractivity contribution >= 4 is 23.1 Å². The minimum absolute atomic E-state index is 0.0440. The van der Waals surface area contributed by atoms with E-state index >= 15 is 0 Å². The molecule has 1 saturated heterocycles. The summed E-state index contributed by atoms with van der Waals surface area (Å²) in [4.78, 5) is 15.5. The fourth-order valence-electron chi connectivity index (χ4n) is 2.97. The number of nitrogens with zero attached hydrogens (tertiary/aromatic N) is 1. The first kappa shape index (κ1) is 19.7. The van der Waals surface area contributed by atoms with Crippen molar-refractivity contribution in [2.45, 2.75) is 12.2 Å². The zero-order chi connectivity index (χ0) is 19.3. The van der Waals surface area contributed by atoms with Crippen LogP contribution in [0, 0.1) is 0 Å². The van der Waals surface area contributed by atoms with E-state index in [1.165, 1.54) is 18.2 Å². The summed E-state index contributed by atoms with van der Waals surface area (Å²) in [5.41, 5.74) is -1.13. The van der Waals surface area contributed by atoms with Crippen molar-refractivity contribution in [3.8, 4) is 0 Å². The third-order valence-electron chi connectivity index (χ3n) is 4.29. The molecule has 0 aliphatic carbocycles. The highest BCUT2D eigenvalue weighted by atomic mass is 32.1. The Bertz CT molecular complexity index is 747. The van der Waals surface area contributed by atoms with Crippen molar-refractivity contribution in [1.29, 1.82) is 0 Å². The van der Waals surface area contributed by atoms with E-state index in [0.29, 0.717) is 19.8 Å². The van der Waals surface area contributed by atoms with E-state index in [0.717, 1.165) is 24.0 Å². The summed E-state index contributed by atoms with van der Waals surface area (Å²) >= 11 is 1.58. The number of hydrogen-bond acceptors (Lipinski definition) is 4. The van der Waals surface area contributed by atoms with Crippen LogP contribution < -0.4 is 10.6 Å². The zero-order valence-corrected chi connectivity index (χ0v) is 15.3. The Morgan fingerprint density at radius 2 is 1.93 bits per heavy atom. The van der Waals surface area contributed by atoms with Gasteiger partial charge in [0.2, 0.25) is 0 Å². The van der Waals surface area contributed by atoms with Gasteiger partial charge in [0, 0.05) is 24.5 Å². The molecule has 5 nitrogen and oxygen atoms in total. The molecule has 1 aromatic carbocycles. The molecule has 2 heterocycles. The summed E-state index contributed by atoms with van der Waals surface area (Å²) in [6.45, 7) is 3.01. The van der Waals surface area contributed by atoms with Gasteiger partial charge >= 0.3 is 12.2 Å². The number of amides is 2. The maximum absolute atomic E-state index is 13.1. The second-order valence-corrected chi connectivity index (χ2v) is 7.04. The predicted octanol–water partition coefficient (Wildman–Crippen LogP) is 3.96. The van der Waals surface area contributed by atoms with Gasteiger partial charge in [-0.2, -0.15) is 13.2 Å². The van der Waals surface area contributed by atoms with Gasteiger partial charge in [0.05, 0.1) is 30.5 Å². The molecule has 1 aliphatic rings. The molecule has 1 fully saturated rings. The van der Waals surface area contributed by atoms with E-state index in [-0.39, 0.29) is 11.7 Å². The van der Waals surface area contributed by atoms with Crippen LogP contribution in [0.15, 0.2) is 41.8 Å². The fourth-order valence-corrected chi connectivity index (χ4v) is 3.84. The van der Waals surface area contributed by atoms with Gasteiger partial charge in [0.25, 0.3) is 0 Å². The highest BCUT2D eigenvalue weighted by molar-refractivity contribution is 7.10. The Morgan fingerprint density at radius 3 is 2.59 bits per heavy atom. The lowest BCUT2D eigenvalue weighted by atomic mass is 10.1. The molecular formula is C18H20F3N3O2S. The minimum atomic E-state index is -4.53. The molecule has 3 rings (SSSR count). The lowest BCUT2D eigenvalue weighted by molar-refractivity contribution is -0.136. The topological polar surface area (TPSA) is 53.6 Å². The number of rotatable bonds is 5. The molecule has 27 heavy (non-hydrogen) atoms. The van der Waals surface area contributed by atoms with E-state index in [1.807, 2.05) is 17.5 Å². The number of anilines is 1. The van der Waals surface area contributed by atoms with Gasteiger partial charge in [-0.05, 0) is 23.6 Å². The lowest BCUT2D eigenvalue weighted by Crippen LogP contribution is -2.44. The van der Waals surface area contributed by atoms with Crippen LogP contribution in [0.4, 0.5) is 23.7 Å². The summed E-state index contributed by atoms with van der Waals surface area (Å²) in [5.74, 6) is 0. The molecule has 2 N–H and O–H groups in total. The van der Waals surface area contributed by atoms with E-state index in [9.17, 15) is 18.0 Å². The zero-order valence-electron chi connectivity index (χ0n) is 14.5. The molecule has 0 radical (unpaired) electrons.